The first-order valence-electron chi connectivity index (χ1n) is 5.33. The number of benzene rings is 1. The van der Waals surface area contributed by atoms with E-state index in [1.165, 1.54) is 26.4 Å². The number of carbonyl (C=O) groups is 1. The van der Waals surface area contributed by atoms with Crippen molar-refractivity contribution in [2.75, 3.05) is 19.5 Å². The largest absolute Gasteiger partial charge is 0.503 e. The quantitative estimate of drug-likeness (QED) is 0.485. The molecule has 7 nitrogen and oxygen atoms in total. The van der Waals surface area contributed by atoms with E-state index in [1.54, 1.807) is 12.1 Å². The Labute approximate surface area is 115 Å². The Bertz CT molecular complexity index is 622. The second-order valence-corrected chi connectivity index (χ2v) is 3.49. The molecule has 0 aliphatic carbocycles. The molecule has 0 fully saturated rings. The highest BCUT2D eigenvalue weighted by molar-refractivity contribution is 5.92. The Kier molecular flexibility index (Phi) is 4.96. The molecule has 1 aromatic rings. The summed E-state index contributed by atoms with van der Waals surface area (Å²) in [5, 5.41) is 29.7. The highest BCUT2D eigenvalue weighted by Gasteiger charge is 2.15. The Hall–Kier alpha value is -3.19. The molecule has 2 N–H and O–H groups in total. The average molecular weight is 273 g/mol. The molecule has 20 heavy (non-hydrogen) atoms. The normalized spacial score (nSPS) is 8.80. The van der Waals surface area contributed by atoms with Gasteiger partial charge in [0.25, 0.3) is 0 Å². The molecular formula is C13H11N3O4. The topological polar surface area (TPSA) is 115 Å². The average Bonchev–Trinajstić information content (AvgIpc) is 2.48. The maximum atomic E-state index is 11.5. The SMILES string of the molecule is COC(=O)c1cc(NC=C(C#N)C#N)c(O)c(OC)c1. The van der Waals surface area contributed by atoms with Crippen LogP contribution in [0.2, 0.25) is 0 Å². The highest BCUT2D eigenvalue weighted by Crippen LogP contribution is 2.35. The van der Waals surface area contributed by atoms with Crippen LogP contribution in [0.3, 0.4) is 0 Å². The summed E-state index contributed by atoms with van der Waals surface area (Å²) < 4.78 is 9.51. The van der Waals surface area contributed by atoms with Gasteiger partial charge in [0.2, 0.25) is 0 Å². The lowest BCUT2D eigenvalue weighted by atomic mass is 10.1. The molecule has 1 rings (SSSR count). The van der Waals surface area contributed by atoms with Crippen LogP contribution in [0.15, 0.2) is 23.9 Å². The molecule has 0 bridgehead atoms. The Morgan fingerprint density at radius 3 is 2.50 bits per heavy atom. The first-order chi connectivity index (χ1) is 9.57. The Morgan fingerprint density at radius 2 is 2.00 bits per heavy atom. The molecule has 0 radical (unpaired) electrons. The third-order valence-corrected chi connectivity index (χ3v) is 2.33. The van der Waals surface area contributed by atoms with Crippen LogP contribution in [0, 0.1) is 22.7 Å². The number of hydrogen-bond donors (Lipinski definition) is 2. The number of phenolic OH excluding ortho intramolecular Hbond substituents is 1. The highest BCUT2D eigenvalue weighted by atomic mass is 16.5. The number of nitriles is 2. The molecule has 1 aromatic carbocycles. The number of esters is 1. The summed E-state index contributed by atoms with van der Waals surface area (Å²) in [6, 6.07) is 5.93. The number of methoxy groups -OCH3 is 2. The molecule has 0 spiro atoms. The number of carbonyl (C=O) groups excluding carboxylic acids is 1. The van der Waals surface area contributed by atoms with Crippen molar-refractivity contribution in [3.63, 3.8) is 0 Å². The van der Waals surface area contributed by atoms with Gasteiger partial charge in [-0.05, 0) is 12.1 Å². The zero-order valence-electron chi connectivity index (χ0n) is 10.8. The molecule has 7 heteroatoms. The van der Waals surface area contributed by atoms with Gasteiger partial charge in [0.05, 0.1) is 25.5 Å². The fourth-order valence-corrected chi connectivity index (χ4v) is 1.35. The van der Waals surface area contributed by atoms with Gasteiger partial charge >= 0.3 is 5.97 Å². The summed E-state index contributed by atoms with van der Waals surface area (Å²) >= 11 is 0. The first kappa shape index (κ1) is 14.9. The van der Waals surface area contributed by atoms with Gasteiger partial charge in [-0.15, -0.1) is 0 Å². The van der Waals surface area contributed by atoms with Crippen LogP contribution in [0.1, 0.15) is 10.4 Å². The van der Waals surface area contributed by atoms with Gasteiger partial charge in [-0.25, -0.2) is 4.79 Å². The van der Waals surface area contributed by atoms with Crippen molar-refractivity contribution in [2.24, 2.45) is 0 Å². The predicted molar refractivity (Wildman–Crippen MR) is 68.9 cm³/mol. The third-order valence-electron chi connectivity index (χ3n) is 2.33. The maximum absolute atomic E-state index is 11.5. The number of nitrogens with zero attached hydrogens (tertiary/aromatic N) is 2. The standard InChI is InChI=1S/C13H11N3O4/c1-19-11-4-9(13(18)20-2)3-10(12(11)17)16-7-8(5-14)6-15/h3-4,7,16-17H,1-2H3. The van der Waals surface area contributed by atoms with Gasteiger partial charge < -0.3 is 19.9 Å². The van der Waals surface area contributed by atoms with Crippen LogP contribution in [0.25, 0.3) is 0 Å². The minimum atomic E-state index is -0.615. The number of hydrogen-bond acceptors (Lipinski definition) is 7. The number of allylic oxidation sites excluding steroid dienone is 1. The summed E-state index contributed by atoms with van der Waals surface area (Å²) in [7, 11) is 2.55. The summed E-state index contributed by atoms with van der Waals surface area (Å²) in [6.45, 7) is 0. The molecule has 0 aliphatic heterocycles. The van der Waals surface area contributed by atoms with E-state index in [4.69, 9.17) is 15.3 Å². The lowest BCUT2D eigenvalue weighted by Gasteiger charge is -2.11. The molecule has 0 aromatic heterocycles. The van der Waals surface area contributed by atoms with Crippen LogP contribution in [-0.2, 0) is 4.74 Å². The van der Waals surface area contributed by atoms with Gasteiger partial charge in [0, 0.05) is 6.20 Å². The van der Waals surface area contributed by atoms with E-state index in [0.717, 1.165) is 6.20 Å². The van der Waals surface area contributed by atoms with Gasteiger partial charge in [0.15, 0.2) is 11.5 Å². The van der Waals surface area contributed by atoms with E-state index < -0.39 is 5.97 Å². The van der Waals surface area contributed by atoms with Gasteiger partial charge in [-0.1, -0.05) is 0 Å². The van der Waals surface area contributed by atoms with Gasteiger partial charge in [-0.2, -0.15) is 10.5 Å². The number of anilines is 1. The van der Waals surface area contributed by atoms with Crippen LogP contribution < -0.4 is 10.1 Å². The summed E-state index contributed by atoms with van der Waals surface area (Å²) in [4.78, 5) is 11.5. The number of phenols is 1. The Morgan fingerprint density at radius 1 is 1.35 bits per heavy atom. The third kappa shape index (κ3) is 3.18. The van der Waals surface area contributed by atoms with E-state index in [9.17, 15) is 9.90 Å². The van der Waals surface area contributed by atoms with E-state index >= 15 is 0 Å². The van der Waals surface area contributed by atoms with Crippen molar-refractivity contribution < 1.29 is 19.4 Å². The number of nitrogens with one attached hydrogen (secondary N) is 1. The minimum Gasteiger partial charge on any atom is -0.503 e. The molecule has 0 unspecified atom stereocenters. The molecule has 0 aliphatic rings. The van der Waals surface area contributed by atoms with E-state index in [2.05, 4.69) is 10.1 Å². The summed E-state index contributed by atoms with van der Waals surface area (Å²) in [6.07, 6.45) is 1.11. The fraction of sp³-hybridized carbons (Fsp3) is 0.154. The van der Waals surface area contributed by atoms with Crippen molar-refractivity contribution in [3.8, 4) is 23.6 Å². The Balaban J connectivity index is 3.25. The first-order valence-corrected chi connectivity index (χ1v) is 5.33. The molecular weight excluding hydrogens is 262 g/mol. The van der Waals surface area contributed by atoms with Crippen molar-refractivity contribution in [1.29, 1.82) is 10.5 Å². The zero-order valence-corrected chi connectivity index (χ0v) is 10.8. The van der Waals surface area contributed by atoms with E-state index in [1.807, 2.05) is 0 Å². The van der Waals surface area contributed by atoms with Crippen LogP contribution in [0.4, 0.5) is 5.69 Å². The second kappa shape index (κ2) is 6.66. The van der Waals surface area contributed by atoms with Gasteiger partial charge in [-0.3, -0.25) is 0 Å². The number of ether oxygens (including phenoxy) is 2. The minimum absolute atomic E-state index is 0.0549. The number of aromatic hydroxyl groups is 1. The molecule has 0 atom stereocenters. The predicted octanol–water partition coefficient (Wildman–Crippen LogP) is 1.53. The summed E-state index contributed by atoms with van der Waals surface area (Å²) in [5.41, 5.74) is 0.0631. The maximum Gasteiger partial charge on any atom is 0.338 e. The van der Waals surface area contributed by atoms with Crippen molar-refractivity contribution in [2.45, 2.75) is 0 Å². The van der Waals surface area contributed by atoms with Crippen molar-refractivity contribution >= 4 is 11.7 Å². The molecule has 0 amide bonds. The second-order valence-electron chi connectivity index (χ2n) is 3.49. The smallest absolute Gasteiger partial charge is 0.338 e. The van der Waals surface area contributed by atoms with E-state index in [-0.39, 0.29) is 28.3 Å². The zero-order chi connectivity index (χ0) is 15.1. The molecule has 102 valence electrons. The lowest BCUT2D eigenvalue weighted by Crippen LogP contribution is -2.03. The van der Waals surface area contributed by atoms with Crippen LogP contribution in [0.5, 0.6) is 11.5 Å². The fourth-order valence-electron chi connectivity index (χ4n) is 1.35. The molecule has 0 heterocycles. The van der Waals surface area contributed by atoms with Crippen molar-refractivity contribution in [1.82, 2.24) is 0 Å². The number of rotatable bonds is 4. The van der Waals surface area contributed by atoms with Gasteiger partial charge in [0.1, 0.15) is 17.7 Å². The molecule has 0 saturated carbocycles. The monoisotopic (exact) mass is 273 g/mol. The van der Waals surface area contributed by atoms with Crippen LogP contribution >= 0.6 is 0 Å². The van der Waals surface area contributed by atoms with Crippen LogP contribution in [-0.4, -0.2) is 25.3 Å². The molecule has 0 saturated heterocycles. The summed E-state index contributed by atoms with van der Waals surface area (Å²) in [5.74, 6) is -0.818. The van der Waals surface area contributed by atoms with Crippen molar-refractivity contribution in [3.05, 3.63) is 29.5 Å². The lowest BCUT2D eigenvalue weighted by molar-refractivity contribution is 0.0600. The van der Waals surface area contributed by atoms with E-state index in [0.29, 0.717) is 0 Å².